The van der Waals surface area contributed by atoms with Gasteiger partial charge in [0.1, 0.15) is 0 Å². The monoisotopic (exact) mass is 372 g/mol. The molecule has 0 radical (unpaired) electrons. The normalized spacial score (nSPS) is 11.6. The lowest BCUT2D eigenvalue weighted by molar-refractivity contribution is -0.384. The predicted molar refractivity (Wildman–Crippen MR) is 97.7 cm³/mol. The Kier molecular flexibility index (Phi) is 7.01. The quantitative estimate of drug-likeness (QED) is 0.516. The van der Waals surface area contributed by atoms with Gasteiger partial charge in [-0.2, -0.15) is 0 Å². The average molecular weight is 372 g/mol. The molecule has 2 aromatic rings. The number of hydrogen-bond acceptors (Lipinski definition) is 5. The number of ether oxygens (including phenoxy) is 1. The zero-order valence-corrected chi connectivity index (χ0v) is 14.8. The summed E-state index contributed by atoms with van der Waals surface area (Å²) in [5.74, 6) is -1.90. The lowest BCUT2D eigenvalue weighted by Crippen LogP contribution is -2.30. The average Bonchev–Trinajstić information content (AvgIpc) is 2.66. The summed E-state index contributed by atoms with van der Waals surface area (Å²) in [6.07, 6.45) is 0. The molecular weight excluding hydrogens is 352 g/mol. The molecule has 2 rings (SSSR count). The molecule has 0 heterocycles. The van der Waals surface area contributed by atoms with E-state index in [1.54, 1.807) is 0 Å². The number of carbonyl (C=O) groups is 2. The molecular formula is C19H20N2O6. The molecule has 0 bridgehead atoms. The molecule has 0 saturated carbocycles. The Balaban J connectivity index is 1.89. The van der Waals surface area contributed by atoms with Crippen LogP contribution in [0, 0.1) is 16.0 Å². The minimum absolute atomic E-state index is 0.00954. The van der Waals surface area contributed by atoms with Crippen molar-refractivity contribution < 1.29 is 24.4 Å². The lowest BCUT2D eigenvalue weighted by atomic mass is 10.1. The summed E-state index contributed by atoms with van der Waals surface area (Å²) < 4.78 is 5.60. The minimum Gasteiger partial charge on any atom is -0.478 e. The van der Waals surface area contributed by atoms with E-state index in [0.29, 0.717) is 19.8 Å². The van der Waals surface area contributed by atoms with Crippen LogP contribution < -0.4 is 5.32 Å². The summed E-state index contributed by atoms with van der Waals surface area (Å²) in [5.41, 5.74) is 0.221. The number of amides is 1. The molecule has 2 aromatic carbocycles. The van der Waals surface area contributed by atoms with Gasteiger partial charge in [-0.1, -0.05) is 37.3 Å². The molecule has 0 fully saturated rings. The van der Waals surface area contributed by atoms with E-state index in [0.717, 1.165) is 23.8 Å². The third-order valence-electron chi connectivity index (χ3n) is 3.76. The van der Waals surface area contributed by atoms with Crippen molar-refractivity contribution in [3.05, 3.63) is 75.3 Å². The van der Waals surface area contributed by atoms with Crippen LogP contribution in [0.5, 0.6) is 0 Å². The highest BCUT2D eigenvalue weighted by Gasteiger charge is 2.18. The summed E-state index contributed by atoms with van der Waals surface area (Å²) in [7, 11) is 0. The van der Waals surface area contributed by atoms with Crippen LogP contribution in [-0.2, 0) is 11.3 Å². The van der Waals surface area contributed by atoms with Gasteiger partial charge in [-0.25, -0.2) is 4.79 Å². The van der Waals surface area contributed by atoms with Crippen LogP contribution in [0.25, 0.3) is 0 Å². The molecule has 2 N–H and O–H groups in total. The van der Waals surface area contributed by atoms with E-state index in [9.17, 15) is 19.7 Å². The molecule has 8 nitrogen and oxygen atoms in total. The van der Waals surface area contributed by atoms with Gasteiger partial charge < -0.3 is 15.2 Å². The largest absolute Gasteiger partial charge is 0.478 e. The first-order valence-electron chi connectivity index (χ1n) is 8.29. The van der Waals surface area contributed by atoms with E-state index in [4.69, 9.17) is 9.84 Å². The van der Waals surface area contributed by atoms with Crippen LogP contribution in [0.4, 0.5) is 5.69 Å². The summed E-state index contributed by atoms with van der Waals surface area (Å²) in [6, 6.07) is 12.8. The Bertz CT molecular complexity index is 790. The number of carboxylic acids is 1. The van der Waals surface area contributed by atoms with Crippen LogP contribution in [-0.4, -0.2) is 35.1 Å². The Morgan fingerprint density at radius 2 is 1.85 bits per heavy atom. The van der Waals surface area contributed by atoms with Crippen molar-refractivity contribution in [2.75, 3.05) is 13.2 Å². The number of nitrogens with zero attached hydrogens (tertiary/aromatic N) is 1. The molecule has 0 spiro atoms. The van der Waals surface area contributed by atoms with Crippen molar-refractivity contribution in [3.63, 3.8) is 0 Å². The highest BCUT2D eigenvalue weighted by Crippen LogP contribution is 2.17. The Morgan fingerprint density at radius 3 is 2.48 bits per heavy atom. The first-order chi connectivity index (χ1) is 12.9. The molecule has 8 heteroatoms. The fourth-order valence-corrected chi connectivity index (χ4v) is 2.35. The number of hydrogen-bond donors (Lipinski definition) is 2. The highest BCUT2D eigenvalue weighted by molar-refractivity contribution is 5.98. The maximum atomic E-state index is 12.2. The highest BCUT2D eigenvalue weighted by atomic mass is 16.6. The number of aromatic carboxylic acids is 1. The minimum atomic E-state index is -1.34. The zero-order chi connectivity index (χ0) is 19.8. The molecule has 0 saturated heterocycles. The second-order valence-corrected chi connectivity index (χ2v) is 6.15. The van der Waals surface area contributed by atoms with Crippen molar-refractivity contribution in [2.45, 2.75) is 13.5 Å². The van der Waals surface area contributed by atoms with E-state index < -0.39 is 22.5 Å². The first-order valence-corrected chi connectivity index (χ1v) is 8.29. The molecule has 1 unspecified atom stereocenters. The number of nitrogens with one attached hydrogen (secondary N) is 1. The van der Waals surface area contributed by atoms with Crippen molar-refractivity contribution in [3.8, 4) is 0 Å². The molecule has 0 aromatic heterocycles. The smallest absolute Gasteiger partial charge is 0.335 e. The first kappa shape index (κ1) is 20.1. The standard InChI is InChI=1S/C19H20N2O6/c1-13(11-27-12-14-5-3-2-4-6-14)10-20-18(22)15-7-16(19(23)24)9-17(8-15)21(25)26/h2-9,13H,10-12H2,1H3,(H,20,22)(H,23,24). The van der Waals surface area contributed by atoms with Gasteiger partial charge in [0.05, 0.1) is 23.7 Å². The Hall–Kier alpha value is -3.26. The van der Waals surface area contributed by atoms with Crippen molar-refractivity contribution in [1.29, 1.82) is 0 Å². The summed E-state index contributed by atoms with van der Waals surface area (Å²) in [5, 5.41) is 22.6. The fraction of sp³-hybridized carbons (Fsp3) is 0.263. The molecule has 142 valence electrons. The van der Waals surface area contributed by atoms with Crippen molar-refractivity contribution in [1.82, 2.24) is 5.32 Å². The van der Waals surface area contributed by atoms with E-state index in [2.05, 4.69) is 5.32 Å². The van der Waals surface area contributed by atoms with Crippen LogP contribution in [0.15, 0.2) is 48.5 Å². The number of rotatable bonds is 9. The predicted octanol–water partition coefficient (Wildman–Crippen LogP) is 2.88. The SMILES string of the molecule is CC(CNC(=O)c1cc(C(=O)O)cc([N+](=O)[O-])c1)COCc1ccccc1. The van der Waals surface area contributed by atoms with Gasteiger partial charge >= 0.3 is 5.97 Å². The fourth-order valence-electron chi connectivity index (χ4n) is 2.35. The van der Waals surface area contributed by atoms with Gasteiger partial charge in [0.2, 0.25) is 0 Å². The van der Waals surface area contributed by atoms with Gasteiger partial charge in [-0.15, -0.1) is 0 Å². The van der Waals surface area contributed by atoms with Gasteiger partial charge in [0.15, 0.2) is 0 Å². The summed E-state index contributed by atoms with van der Waals surface area (Å²) in [6.45, 7) is 3.07. The van der Waals surface area contributed by atoms with E-state index in [-0.39, 0.29) is 17.0 Å². The number of nitro groups is 1. The maximum Gasteiger partial charge on any atom is 0.335 e. The van der Waals surface area contributed by atoms with Gasteiger partial charge in [-0.3, -0.25) is 14.9 Å². The number of non-ortho nitro benzene ring substituents is 1. The van der Waals surface area contributed by atoms with Gasteiger partial charge in [-0.05, 0) is 17.5 Å². The number of carbonyl (C=O) groups excluding carboxylic acids is 1. The maximum absolute atomic E-state index is 12.2. The second kappa shape index (κ2) is 9.44. The molecule has 27 heavy (non-hydrogen) atoms. The zero-order valence-electron chi connectivity index (χ0n) is 14.8. The van der Waals surface area contributed by atoms with Crippen LogP contribution in [0.2, 0.25) is 0 Å². The number of nitro benzene ring substituents is 1. The number of carboxylic acid groups (broad SMARTS) is 1. The van der Waals surface area contributed by atoms with Crippen LogP contribution in [0.3, 0.4) is 0 Å². The Labute approximate surface area is 155 Å². The van der Waals surface area contributed by atoms with E-state index in [1.165, 1.54) is 0 Å². The van der Waals surface area contributed by atoms with Gasteiger partial charge in [0, 0.05) is 24.2 Å². The van der Waals surface area contributed by atoms with Crippen LogP contribution in [0.1, 0.15) is 33.2 Å². The molecule has 1 amide bonds. The molecule has 0 aliphatic rings. The third kappa shape index (κ3) is 6.19. The lowest BCUT2D eigenvalue weighted by Gasteiger charge is -2.13. The van der Waals surface area contributed by atoms with Crippen molar-refractivity contribution in [2.24, 2.45) is 5.92 Å². The van der Waals surface area contributed by atoms with Gasteiger partial charge in [0.25, 0.3) is 11.6 Å². The molecule has 0 aliphatic carbocycles. The second-order valence-electron chi connectivity index (χ2n) is 6.15. The summed E-state index contributed by atoms with van der Waals surface area (Å²) >= 11 is 0. The Morgan fingerprint density at radius 1 is 1.19 bits per heavy atom. The topological polar surface area (TPSA) is 119 Å². The summed E-state index contributed by atoms with van der Waals surface area (Å²) in [4.78, 5) is 33.5. The molecule has 1 atom stereocenters. The van der Waals surface area contributed by atoms with E-state index >= 15 is 0 Å². The van der Waals surface area contributed by atoms with Crippen molar-refractivity contribution >= 4 is 17.6 Å². The van der Waals surface area contributed by atoms with E-state index in [1.807, 2.05) is 37.3 Å². The van der Waals surface area contributed by atoms with Crippen LogP contribution >= 0.6 is 0 Å². The third-order valence-corrected chi connectivity index (χ3v) is 3.76. The molecule has 0 aliphatic heterocycles. The number of benzene rings is 2.